The van der Waals surface area contributed by atoms with Crippen LogP contribution >= 0.6 is 0 Å². The first kappa shape index (κ1) is 14.2. The number of hydrogen-bond donors (Lipinski definition) is 0. The summed E-state index contributed by atoms with van der Waals surface area (Å²) < 4.78 is 0. The van der Waals surface area contributed by atoms with Gasteiger partial charge in [0.1, 0.15) is 5.69 Å². The Hall–Kier alpha value is -1.90. The Kier molecular flexibility index (Phi) is 5.85. The van der Waals surface area contributed by atoms with Crippen molar-refractivity contribution < 1.29 is 4.85 Å². The molecule has 0 radical (unpaired) electrons. The molecule has 0 aliphatic rings. The molecule has 1 heterocycles. The Morgan fingerprint density at radius 3 is 2.28 bits per heavy atom. The van der Waals surface area contributed by atoms with E-state index in [0.29, 0.717) is 12.1 Å². The zero-order valence-electron chi connectivity index (χ0n) is 11.3. The summed E-state index contributed by atoms with van der Waals surface area (Å²) in [6, 6.07) is 13.7. The minimum Gasteiger partial charge on any atom is -0.594 e. The number of rotatable bonds is 3. The van der Waals surface area contributed by atoms with Crippen LogP contribution in [0.3, 0.4) is 0 Å². The van der Waals surface area contributed by atoms with Crippen LogP contribution in [0.15, 0.2) is 42.5 Å². The third kappa shape index (κ3) is 3.84. The molecular weight excluding hydrogens is 224 g/mol. The van der Waals surface area contributed by atoms with Gasteiger partial charge in [-0.25, -0.2) is 0 Å². The maximum atomic E-state index is 11.6. The molecule has 2 aromatic rings. The van der Waals surface area contributed by atoms with Gasteiger partial charge in [-0.2, -0.15) is 0 Å². The molecule has 0 amide bonds. The second-order valence-electron chi connectivity index (χ2n) is 3.70. The van der Waals surface area contributed by atoms with E-state index in [1.54, 1.807) is 0 Å². The Balaban J connectivity index is 0.000000771. The molecule has 1 aromatic heterocycles. The van der Waals surface area contributed by atoms with Crippen LogP contribution in [-0.4, -0.2) is 5.10 Å². The highest BCUT2D eigenvalue weighted by atomic mass is 16.5. The quantitative estimate of drug-likeness (QED) is 0.615. The van der Waals surface area contributed by atoms with Crippen molar-refractivity contribution in [2.24, 2.45) is 0 Å². The first-order chi connectivity index (χ1) is 8.79. The lowest BCUT2D eigenvalue weighted by Gasteiger charge is -2.03. The molecule has 0 aliphatic heterocycles. The van der Waals surface area contributed by atoms with E-state index in [2.05, 4.69) is 5.10 Å². The second kappa shape index (κ2) is 7.43. The second-order valence-corrected chi connectivity index (χ2v) is 3.70. The molecule has 1 aromatic carbocycles. The summed E-state index contributed by atoms with van der Waals surface area (Å²) in [4.78, 5) is 0.728. The molecule has 3 heteroatoms. The Morgan fingerprint density at radius 1 is 1.06 bits per heavy atom. The molecule has 0 spiro atoms. The van der Waals surface area contributed by atoms with E-state index in [4.69, 9.17) is 0 Å². The number of hydrogen-bond acceptors (Lipinski definition) is 2. The molecule has 96 valence electrons. The van der Waals surface area contributed by atoms with E-state index in [9.17, 15) is 5.21 Å². The number of aromatic nitrogens is 2. The fourth-order valence-corrected chi connectivity index (χ4v) is 1.59. The Bertz CT molecular complexity index is 469. The van der Waals surface area contributed by atoms with Crippen molar-refractivity contribution in [2.75, 3.05) is 0 Å². The molecule has 0 fully saturated rings. The number of aryl methyl sites for hydroxylation is 1. The first-order valence-electron chi connectivity index (χ1n) is 6.42. The van der Waals surface area contributed by atoms with Gasteiger partial charge in [0, 0.05) is 11.2 Å². The molecule has 18 heavy (non-hydrogen) atoms. The van der Waals surface area contributed by atoms with Gasteiger partial charge in [-0.05, 0) is 18.1 Å². The lowest BCUT2D eigenvalue weighted by atomic mass is 10.1. The highest BCUT2D eigenvalue weighted by molar-refractivity contribution is 5.19. The summed E-state index contributed by atoms with van der Waals surface area (Å²) in [5.74, 6) is 0. The number of nitrogens with zero attached hydrogens (tertiary/aromatic N) is 2. The van der Waals surface area contributed by atoms with Crippen molar-refractivity contribution >= 4 is 0 Å². The summed E-state index contributed by atoms with van der Waals surface area (Å²) in [5.41, 5.74) is 2.63. The Labute approximate surface area is 109 Å². The lowest BCUT2D eigenvalue weighted by Crippen LogP contribution is -2.37. The highest BCUT2D eigenvalue weighted by Gasteiger charge is 2.08. The molecule has 0 bridgehead atoms. The third-order valence-electron chi connectivity index (χ3n) is 2.52. The largest absolute Gasteiger partial charge is 0.594 e. The monoisotopic (exact) mass is 244 g/mol. The smallest absolute Gasteiger partial charge is 0.226 e. The molecule has 0 unspecified atom stereocenters. The Morgan fingerprint density at radius 2 is 1.72 bits per heavy atom. The van der Waals surface area contributed by atoms with E-state index in [-0.39, 0.29) is 0 Å². The van der Waals surface area contributed by atoms with Gasteiger partial charge in [0.25, 0.3) is 0 Å². The summed E-state index contributed by atoms with van der Waals surface area (Å²) in [6.45, 7) is 5.99. The standard InChI is InChI=1S/C13H14N2O.C2H6/c1-2-12-8-9-13(15(16)14-12)10-11-6-4-3-5-7-11;1-2/h3-9H,2,10H2,1H3;1-2H3. The lowest BCUT2D eigenvalue weighted by molar-refractivity contribution is -0.677. The maximum Gasteiger partial charge on any atom is 0.226 e. The zero-order valence-corrected chi connectivity index (χ0v) is 11.3. The molecule has 0 atom stereocenters. The van der Waals surface area contributed by atoms with E-state index >= 15 is 0 Å². The van der Waals surface area contributed by atoms with Crippen LogP contribution in [0.2, 0.25) is 0 Å². The predicted molar refractivity (Wildman–Crippen MR) is 73.2 cm³/mol. The van der Waals surface area contributed by atoms with Crippen LogP contribution in [0.1, 0.15) is 37.7 Å². The van der Waals surface area contributed by atoms with Crippen LogP contribution in [0.5, 0.6) is 0 Å². The van der Waals surface area contributed by atoms with Gasteiger partial charge >= 0.3 is 0 Å². The van der Waals surface area contributed by atoms with E-state index in [1.165, 1.54) is 0 Å². The molecular formula is C15H20N2O. The van der Waals surface area contributed by atoms with Crippen LogP contribution in [0, 0.1) is 5.21 Å². The van der Waals surface area contributed by atoms with Gasteiger partial charge in [0.05, 0.1) is 6.42 Å². The van der Waals surface area contributed by atoms with Gasteiger partial charge < -0.3 is 5.21 Å². The van der Waals surface area contributed by atoms with Crippen LogP contribution < -0.4 is 4.85 Å². The topological polar surface area (TPSA) is 39.8 Å². The van der Waals surface area contributed by atoms with E-state index < -0.39 is 0 Å². The summed E-state index contributed by atoms with van der Waals surface area (Å²) in [6.07, 6.45) is 1.41. The molecule has 2 rings (SSSR count). The van der Waals surface area contributed by atoms with Crippen LogP contribution in [-0.2, 0) is 12.8 Å². The zero-order chi connectivity index (χ0) is 13.4. The van der Waals surface area contributed by atoms with Gasteiger partial charge in [0.15, 0.2) is 0 Å². The van der Waals surface area contributed by atoms with Crippen molar-refractivity contribution in [3.8, 4) is 0 Å². The normalized spacial score (nSPS) is 9.50. The van der Waals surface area contributed by atoms with Crippen molar-refractivity contribution in [1.29, 1.82) is 0 Å². The third-order valence-corrected chi connectivity index (χ3v) is 2.52. The van der Waals surface area contributed by atoms with Gasteiger partial charge in [-0.1, -0.05) is 55.9 Å². The van der Waals surface area contributed by atoms with E-state index in [1.807, 2.05) is 63.2 Å². The van der Waals surface area contributed by atoms with Crippen molar-refractivity contribution in [2.45, 2.75) is 33.6 Å². The highest BCUT2D eigenvalue weighted by Crippen LogP contribution is 2.05. The summed E-state index contributed by atoms with van der Waals surface area (Å²) in [7, 11) is 0. The maximum absolute atomic E-state index is 11.6. The van der Waals surface area contributed by atoms with Gasteiger partial charge in [-0.15, -0.1) is 0 Å². The minimum absolute atomic E-state index is 0.626. The average Bonchev–Trinajstić information content (AvgIpc) is 2.44. The van der Waals surface area contributed by atoms with Crippen molar-refractivity contribution in [3.63, 3.8) is 0 Å². The average molecular weight is 244 g/mol. The van der Waals surface area contributed by atoms with Crippen molar-refractivity contribution in [1.82, 2.24) is 5.10 Å². The fourth-order valence-electron chi connectivity index (χ4n) is 1.59. The summed E-state index contributed by atoms with van der Waals surface area (Å²) >= 11 is 0. The SMILES string of the molecule is CC.CCc1ccc(Cc2ccccc2)[n+]([O-])n1. The molecule has 3 nitrogen and oxygen atoms in total. The van der Waals surface area contributed by atoms with Gasteiger partial charge in [0.2, 0.25) is 5.69 Å². The fraction of sp³-hybridized carbons (Fsp3) is 0.333. The number of benzene rings is 1. The van der Waals surface area contributed by atoms with Crippen molar-refractivity contribution in [3.05, 3.63) is 64.6 Å². The molecule has 0 N–H and O–H groups in total. The van der Waals surface area contributed by atoms with Crippen LogP contribution in [0.25, 0.3) is 0 Å². The molecule has 0 aliphatic carbocycles. The predicted octanol–water partition coefficient (Wildman–Crippen LogP) is 2.89. The minimum atomic E-state index is 0.626. The first-order valence-corrected chi connectivity index (χ1v) is 6.42. The van der Waals surface area contributed by atoms with Crippen LogP contribution in [0.4, 0.5) is 0 Å². The van der Waals surface area contributed by atoms with E-state index in [0.717, 1.165) is 22.5 Å². The molecule has 0 saturated heterocycles. The molecule has 0 saturated carbocycles. The van der Waals surface area contributed by atoms with Gasteiger partial charge in [-0.3, -0.25) is 0 Å². The summed E-state index contributed by atoms with van der Waals surface area (Å²) in [5, 5.41) is 15.6.